The van der Waals surface area contributed by atoms with Crippen molar-refractivity contribution in [2.75, 3.05) is 0 Å². The maximum Gasteiger partial charge on any atom is 0.195 e. The normalized spacial score (nSPS) is 22.3. The summed E-state index contributed by atoms with van der Waals surface area (Å²) in [5.74, 6) is 0.628. The van der Waals surface area contributed by atoms with Crippen LogP contribution in [0.1, 0.15) is 24.5 Å². The highest BCUT2D eigenvalue weighted by Gasteiger charge is 2.35. The highest BCUT2D eigenvalue weighted by atomic mass is 35.5. The van der Waals surface area contributed by atoms with E-state index in [1.54, 1.807) is 25.1 Å². The van der Waals surface area contributed by atoms with Crippen molar-refractivity contribution in [2.45, 2.75) is 26.4 Å². The SMILES string of the molecule is Cc1onc(-c2c(Cl)cccc2Cl)c1C1OC(C)O1. The van der Waals surface area contributed by atoms with Gasteiger partial charge in [0.2, 0.25) is 0 Å². The van der Waals surface area contributed by atoms with E-state index in [1.165, 1.54) is 0 Å². The van der Waals surface area contributed by atoms with Gasteiger partial charge in [-0.1, -0.05) is 34.4 Å². The number of aryl methyl sites for hydroxylation is 1. The first-order valence-electron chi connectivity index (χ1n) is 5.79. The fourth-order valence-corrected chi connectivity index (χ4v) is 2.63. The van der Waals surface area contributed by atoms with E-state index in [9.17, 15) is 0 Å². The van der Waals surface area contributed by atoms with Crippen molar-refractivity contribution in [3.8, 4) is 11.3 Å². The van der Waals surface area contributed by atoms with Crippen LogP contribution in [0, 0.1) is 6.92 Å². The van der Waals surface area contributed by atoms with Crippen LogP contribution in [0.2, 0.25) is 10.0 Å². The van der Waals surface area contributed by atoms with E-state index < -0.39 is 6.29 Å². The van der Waals surface area contributed by atoms with E-state index in [0.717, 1.165) is 5.56 Å². The lowest BCUT2D eigenvalue weighted by molar-refractivity contribution is -0.382. The highest BCUT2D eigenvalue weighted by Crippen LogP contribution is 2.43. The van der Waals surface area contributed by atoms with Crippen molar-refractivity contribution in [3.05, 3.63) is 39.6 Å². The van der Waals surface area contributed by atoms with Gasteiger partial charge in [0, 0.05) is 5.56 Å². The topological polar surface area (TPSA) is 44.5 Å². The molecule has 2 aromatic rings. The van der Waals surface area contributed by atoms with Crippen LogP contribution in [-0.2, 0) is 9.47 Å². The second kappa shape index (κ2) is 4.80. The van der Waals surface area contributed by atoms with Gasteiger partial charge in [0.15, 0.2) is 12.6 Å². The van der Waals surface area contributed by atoms with E-state index in [-0.39, 0.29) is 6.29 Å². The number of nitrogens with zero attached hydrogens (tertiary/aromatic N) is 1. The van der Waals surface area contributed by atoms with Crippen molar-refractivity contribution in [2.24, 2.45) is 0 Å². The van der Waals surface area contributed by atoms with E-state index in [4.69, 9.17) is 37.2 Å². The van der Waals surface area contributed by atoms with Crippen molar-refractivity contribution >= 4 is 23.2 Å². The van der Waals surface area contributed by atoms with Gasteiger partial charge in [0.25, 0.3) is 0 Å². The number of halogens is 2. The highest BCUT2D eigenvalue weighted by molar-refractivity contribution is 6.39. The molecular formula is C13H11Cl2NO3. The van der Waals surface area contributed by atoms with Crippen molar-refractivity contribution in [1.29, 1.82) is 0 Å². The largest absolute Gasteiger partial charge is 0.361 e. The number of rotatable bonds is 2. The Balaban J connectivity index is 2.11. The van der Waals surface area contributed by atoms with Crippen LogP contribution in [0.4, 0.5) is 0 Å². The standard InChI is InChI=1S/C13H11Cl2NO3/c1-6-10(13-17-7(2)18-13)12(16-19-6)11-8(14)4-3-5-9(11)15/h3-5,7,13H,1-2H3. The van der Waals surface area contributed by atoms with E-state index in [1.807, 2.05) is 6.92 Å². The molecule has 0 atom stereocenters. The molecule has 0 saturated carbocycles. The molecular weight excluding hydrogens is 289 g/mol. The van der Waals surface area contributed by atoms with Gasteiger partial charge in [-0.05, 0) is 26.0 Å². The van der Waals surface area contributed by atoms with Crippen molar-refractivity contribution < 1.29 is 14.0 Å². The number of hydrogen-bond donors (Lipinski definition) is 0. The lowest BCUT2D eigenvalue weighted by Crippen LogP contribution is -2.32. The molecule has 2 heterocycles. The van der Waals surface area contributed by atoms with E-state index >= 15 is 0 Å². The number of aromatic nitrogens is 1. The minimum absolute atomic E-state index is 0.228. The molecule has 100 valence electrons. The van der Waals surface area contributed by atoms with E-state index in [2.05, 4.69) is 5.16 Å². The molecule has 0 aliphatic carbocycles. The summed E-state index contributed by atoms with van der Waals surface area (Å²) in [4.78, 5) is 0. The molecule has 0 bridgehead atoms. The first-order chi connectivity index (χ1) is 9.08. The number of hydrogen-bond acceptors (Lipinski definition) is 4. The molecule has 1 fully saturated rings. The van der Waals surface area contributed by atoms with Gasteiger partial charge in [0.1, 0.15) is 11.5 Å². The lowest BCUT2D eigenvalue weighted by Gasteiger charge is -2.33. The Bertz CT molecular complexity index is 600. The summed E-state index contributed by atoms with van der Waals surface area (Å²) in [6.45, 7) is 3.62. The smallest absolute Gasteiger partial charge is 0.195 e. The van der Waals surface area contributed by atoms with Crippen LogP contribution < -0.4 is 0 Å². The molecule has 1 aromatic carbocycles. The molecule has 0 amide bonds. The fourth-order valence-electron chi connectivity index (χ4n) is 2.06. The van der Waals surface area contributed by atoms with Crippen molar-refractivity contribution in [3.63, 3.8) is 0 Å². The lowest BCUT2D eigenvalue weighted by atomic mass is 10.1. The maximum atomic E-state index is 6.19. The Labute approximate surface area is 120 Å². The van der Waals surface area contributed by atoms with Gasteiger partial charge in [-0.2, -0.15) is 0 Å². The van der Waals surface area contributed by atoms with Gasteiger partial charge in [-0.25, -0.2) is 0 Å². The number of benzene rings is 1. The molecule has 1 saturated heterocycles. The third kappa shape index (κ3) is 2.15. The van der Waals surface area contributed by atoms with Gasteiger partial charge in [-0.15, -0.1) is 0 Å². The first kappa shape index (κ1) is 12.9. The zero-order valence-electron chi connectivity index (χ0n) is 10.3. The monoisotopic (exact) mass is 299 g/mol. The second-order valence-electron chi connectivity index (χ2n) is 4.27. The predicted molar refractivity (Wildman–Crippen MR) is 71.1 cm³/mol. The molecule has 6 heteroatoms. The predicted octanol–water partition coefficient (Wildman–Crippen LogP) is 4.35. The minimum atomic E-state index is -0.483. The Kier molecular flexibility index (Phi) is 3.27. The Morgan fingerprint density at radius 3 is 2.37 bits per heavy atom. The van der Waals surface area contributed by atoms with Crippen LogP contribution in [-0.4, -0.2) is 11.4 Å². The fraction of sp³-hybridized carbons (Fsp3) is 0.308. The molecule has 1 aliphatic rings. The molecule has 0 spiro atoms. The quantitative estimate of drug-likeness (QED) is 0.827. The summed E-state index contributed by atoms with van der Waals surface area (Å²) in [5.41, 5.74) is 1.92. The molecule has 0 unspecified atom stereocenters. The molecule has 1 aromatic heterocycles. The zero-order chi connectivity index (χ0) is 13.6. The minimum Gasteiger partial charge on any atom is -0.361 e. The summed E-state index contributed by atoms with van der Waals surface area (Å²) >= 11 is 12.4. The maximum absolute atomic E-state index is 6.19. The van der Waals surface area contributed by atoms with E-state index in [0.29, 0.717) is 27.1 Å². The molecule has 4 nitrogen and oxygen atoms in total. The Morgan fingerprint density at radius 1 is 1.16 bits per heavy atom. The summed E-state index contributed by atoms with van der Waals surface area (Å²) in [7, 11) is 0. The third-order valence-electron chi connectivity index (χ3n) is 2.97. The average Bonchev–Trinajstić information content (AvgIpc) is 2.67. The van der Waals surface area contributed by atoms with Crippen LogP contribution in [0.25, 0.3) is 11.3 Å². The van der Waals surface area contributed by atoms with Crippen LogP contribution >= 0.6 is 23.2 Å². The van der Waals surface area contributed by atoms with Crippen LogP contribution in [0.3, 0.4) is 0 Å². The van der Waals surface area contributed by atoms with Crippen molar-refractivity contribution in [1.82, 2.24) is 5.16 Å². The Hall–Kier alpha value is -1.07. The third-order valence-corrected chi connectivity index (χ3v) is 3.60. The summed E-state index contributed by atoms with van der Waals surface area (Å²) in [5, 5.41) is 5.05. The average molecular weight is 300 g/mol. The van der Waals surface area contributed by atoms with Gasteiger partial charge < -0.3 is 14.0 Å². The van der Waals surface area contributed by atoms with Gasteiger partial charge in [-0.3, -0.25) is 0 Å². The summed E-state index contributed by atoms with van der Waals surface area (Å²) < 4.78 is 16.2. The second-order valence-corrected chi connectivity index (χ2v) is 5.08. The first-order valence-corrected chi connectivity index (χ1v) is 6.55. The Morgan fingerprint density at radius 2 is 1.79 bits per heavy atom. The summed E-state index contributed by atoms with van der Waals surface area (Å²) in [6, 6.07) is 5.28. The van der Waals surface area contributed by atoms with Crippen LogP contribution in [0.5, 0.6) is 0 Å². The molecule has 0 N–H and O–H groups in total. The molecule has 0 radical (unpaired) electrons. The zero-order valence-corrected chi connectivity index (χ0v) is 11.8. The van der Waals surface area contributed by atoms with Gasteiger partial charge in [0.05, 0.1) is 15.6 Å². The molecule has 1 aliphatic heterocycles. The summed E-state index contributed by atoms with van der Waals surface area (Å²) in [6.07, 6.45) is -0.711. The van der Waals surface area contributed by atoms with Crippen LogP contribution in [0.15, 0.2) is 22.7 Å². The number of ether oxygens (including phenoxy) is 2. The molecule has 3 rings (SSSR count). The van der Waals surface area contributed by atoms with Gasteiger partial charge >= 0.3 is 0 Å². The molecule has 19 heavy (non-hydrogen) atoms.